The average molecular weight is 417 g/mol. The van der Waals surface area contributed by atoms with Crippen LogP contribution >= 0.6 is 0 Å². The molecule has 0 bridgehead atoms. The summed E-state index contributed by atoms with van der Waals surface area (Å²) in [7, 11) is 0. The normalized spacial score (nSPS) is 10.9. The number of nitrogens with one attached hydrogen (secondary N) is 1. The van der Waals surface area contributed by atoms with Crippen molar-refractivity contribution in [3.8, 4) is 11.5 Å². The van der Waals surface area contributed by atoms with E-state index in [0.717, 1.165) is 29.2 Å². The lowest BCUT2D eigenvalue weighted by atomic mass is 10.0. The van der Waals surface area contributed by atoms with Crippen LogP contribution < -0.4 is 14.9 Å². The number of hydrogen-bond donors (Lipinski definition) is 1. The lowest BCUT2D eigenvalue weighted by molar-refractivity contribution is -0.123. The fraction of sp³-hybridized carbons (Fsp3) is 0.231. The number of unbranched alkanes of at least 4 members (excludes halogenated alkanes) is 1. The molecule has 0 unspecified atom stereocenters. The predicted molar refractivity (Wildman–Crippen MR) is 126 cm³/mol. The van der Waals surface area contributed by atoms with Gasteiger partial charge in [-0.1, -0.05) is 68.5 Å². The average Bonchev–Trinajstić information content (AvgIpc) is 2.81. The molecule has 0 fully saturated rings. The molecule has 31 heavy (non-hydrogen) atoms. The highest BCUT2D eigenvalue weighted by Gasteiger charge is 2.07. The van der Waals surface area contributed by atoms with Gasteiger partial charge < -0.3 is 9.47 Å². The molecule has 5 heteroatoms. The van der Waals surface area contributed by atoms with Crippen molar-refractivity contribution in [2.75, 3.05) is 13.2 Å². The third-order valence-electron chi connectivity index (χ3n) is 4.78. The maximum Gasteiger partial charge on any atom is 0.277 e. The second-order valence-electron chi connectivity index (χ2n) is 7.13. The van der Waals surface area contributed by atoms with Crippen LogP contribution in [-0.4, -0.2) is 25.3 Å². The molecule has 0 aliphatic heterocycles. The molecular weight excluding hydrogens is 388 g/mol. The van der Waals surface area contributed by atoms with Crippen LogP contribution in [0.25, 0.3) is 10.8 Å². The van der Waals surface area contributed by atoms with E-state index in [2.05, 4.69) is 24.0 Å². The van der Waals surface area contributed by atoms with Crippen molar-refractivity contribution in [3.63, 3.8) is 0 Å². The summed E-state index contributed by atoms with van der Waals surface area (Å²) in [6.45, 7) is 6.14. The third kappa shape index (κ3) is 6.44. The van der Waals surface area contributed by atoms with Crippen molar-refractivity contribution in [2.24, 2.45) is 5.10 Å². The van der Waals surface area contributed by atoms with E-state index in [1.807, 2.05) is 60.7 Å². The Bertz CT molecular complexity index is 1040. The summed E-state index contributed by atoms with van der Waals surface area (Å²) in [5.74, 6) is 1.00. The standard InChI is InChI=1S/C26H28N2O3/c1-3-5-8-20-11-14-22(15-12-20)31-19-26(29)28-27-18-24-23-10-7-6-9-21(23)13-16-25(24)30-17-4-2/h4,6-7,9-16,18H,2-3,5,8,17,19H2,1H3,(H,28,29)/b27-18+. The molecule has 5 nitrogen and oxygen atoms in total. The fourth-order valence-electron chi connectivity index (χ4n) is 3.17. The number of amides is 1. The fourth-order valence-corrected chi connectivity index (χ4v) is 3.17. The Kier molecular flexibility index (Phi) is 8.23. The van der Waals surface area contributed by atoms with Crippen LogP contribution in [0.4, 0.5) is 0 Å². The minimum atomic E-state index is -0.333. The topological polar surface area (TPSA) is 59.9 Å². The van der Waals surface area contributed by atoms with Crippen molar-refractivity contribution in [1.29, 1.82) is 0 Å². The lowest BCUT2D eigenvalue weighted by Gasteiger charge is -2.10. The van der Waals surface area contributed by atoms with E-state index in [1.165, 1.54) is 12.0 Å². The summed E-state index contributed by atoms with van der Waals surface area (Å²) >= 11 is 0. The Balaban J connectivity index is 1.60. The molecule has 3 rings (SSSR count). The zero-order chi connectivity index (χ0) is 21.9. The van der Waals surface area contributed by atoms with Gasteiger partial charge in [0.15, 0.2) is 6.61 Å². The Hall–Kier alpha value is -3.60. The van der Waals surface area contributed by atoms with Crippen molar-refractivity contribution >= 4 is 22.9 Å². The van der Waals surface area contributed by atoms with Crippen LogP contribution in [0.2, 0.25) is 0 Å². The SMILES string of the molecule is C=CCOc1ccc2ccccc2c1/C=N/NC(=O)COc1ccc(CCCC)cc1. The predicted octanol–water partition coefficient (Wildman–Crippen LogP) is 5.28. The molecule has 1 N–H and O–H groups in total. The van der Waals surface area contributed by atoms with Crippen LogP contribution in [0.15, 0.2) is 78.4 Å². The maximum absolute atomic E-state index is 12.1. The number of hydrogen-bond acceptors (Lipinski definition) is 4. The highest BCUT2D eigenvalue weighted by molar-refractivity contribution is 6.02. The first kappa shape index (κ1) is 22.1. The highest BCUT2D eigenvalue weighted by Crippen LogP contribution is 2.26. The first-order valence-corrected chi connectivity index (χ1v) is 10.5. The quantitative estimate of drug-likeness (QED) is 0.263. The number of hydrazone groups is 1. The van der Waals surface area contributed by atoms with Gasteiger partial charge in [-0.2, -0.15) is 5.10 Å². The first-order valence-electron chi connectivity index (χ1n) is 10.5. The molecule has 3 aromatic carbocycles. The number of carbonyl (C=O) groups excluding carboxylic acids is 1. The number of benzene rings is 3. The zero-order valence-corrected chi connectivity index (χ0v) is 17.8. The first-order chi connectivity index (χ1) is 15.2. The molecule has 1 amide bonds. The van der Waals surface area contributed by atoms with E-state index in [0.29, 0.717) is 18.1 Å². The van der Waals surface area contributed by atoms with Crippen molar-refractivity contribution in [3.05, 3.63) is 84.4 Å². The molecule has 0 aliphatic carbocycles. The number of aryl methyl sites for hydroxylation is 1. The number of rotatable bonds is 11. The second-order valence-corrected chi connectivity index (χ2v) is 7.13. The van der Waals surface area contributed by atoms with Crippen LogP contribution in [0, 0.1) is 0 Å². The molecular formula is C26H28N2O3. The minimum Gasteiger partial charge on any atom is -0.489 e. The number of fused-ring (bicyclic) bond motifs is 1. The van der Waals surface area contributed by atoms with E-state index >= 15 is 0 Å². The van der Waals surface area contributed by atoms with Crippen LogP contribution in [0.3, 0.4) is 0 Å². The molecule has 160 valence electrons. The monoisotopic (exact) mass is 416 g/mol. The molecule has 0 aromatic heterocycles. The van der Waals surface area contributed by atoms with Crippen molar-refractivity contribution < 1.29 is 14.3 Å². The van der Waals surface area contributed by atoms with Gasteiger partial charge in [0.1, 0.15) is 18.1 Å². The second kappa shape index (κ2) is 11.6. The van der Waals surface area contributed by atoms with E-state index in [9.17, 15) is 4.79 Å². The third-order valence-corrected chi connectivity index (χ3v) is 4.78. The minimum absolute atomic E-state index is 0.110. The molecule has 0 heterocycles. The van der Waals surface area contributed by atoms with Crippen molar-refractivity contribution in [2.45, 2.75) is 26.2 Å². The van der Waals surface area contributed by atoms with Gasteiger partial charge in [0.2, 0.25) is 0 Å². The zero-order valence-electron chi connectivity index (χ0n) is 17.8. The molecule has 0 saturated heterocycles. The lowest BCUT2D eigenvalue weighted by Crippen LogP contribution is -2.24. The molecule has 0 radical (unpaired) electrons. The number of carbonyl (C=O) groups is 1. The van der Waals surface area contributed by atoms with E-state index in [-0.39, 0.29) is 12.5 Å². The van der Waals surface area contributed by atoms with Gasteiger partial charge in [-0.15, -0.1) is 0 Å². The Morgan fingerprint density at radius 3 is 2.65 bits per heavy atom. The summed E-state index contributed by atoms with van der Waals surface area (Å²) in [4.78, 5) is 12.1. The van der Waals surface area contributed by atoms with Crippen LogP contribution in [-0.2, 0) is 11.2 Å². The van der Waals surface area contributed by atoms with Crippen LogP contribution in [0.5, 0.6) is 11.5 Å². The van der Waals surface area contributed by atoms with Crippen molar-refractivity contribution in [1.82, 2.24) is 5.43 Å². The van der Waals surface area contributed by atoms with Gasteiger partial charge in [-0.25, -0.2) is 5.43 Å². The Morgan fingerprint density at radius 2 is 1.87 bits per heavy atom. The number of nitrogens with zero attached hydrogens (tertiary/aromatic N) is 1. The summed E-state index contributed by atoms with van der Waals surface area (Å²) in [5, 5.41) is 6.16. The van der Waals surface area contributed by atoms with Gasteiger partial charge in [-0.05, 0) is 47.4 Å². The molecule has 0 spiro atoms. The molecule has 0 saturated carbocycles. The molecule has 0 atom stereocenters. The summed E-state index contributed by atoms with van der Waals surface area (Å²) in [5.41, 5.74) is 4.58. The van der Waals surface area contributed by atoms with E-state index < -0.39 is 0 Å². The maximum atomic E-state index is 12.1. The highest BCUT2D eigenvalue weighted by atomic mass is 16.5. The summed E-state index contributed by atoms with van der Waals surface area (Å²) in [6.07, 6.45) is 6.67. The Labute approximate surface area is 183 Å². The van der Waals surface area contributed by atoms with Gasteiger partial charge in [-0.3, -0.25) is 4.79 Å². The van der Waals surface area contributed by atoms with Gasteiger partial charge in [0, 0.05) is 5.56 Å². The van der Waals surface area contributed by atoms with Gasteiger partial charge in [0.25, 0.3) is 5.91 Å². The van der Waals surface area contributed by atoms with E-state index in [4.69, 9.17) is 9.47 Å². The Morgan fingerprint density at radius 1 is 1.06 bits per heavy atom. The van der Waals surface area contributed by atoms with Gasteiger partial charge >= 0.3 is 0 Å². The van der Waals surface area contributed by atoms with E-state index in [1.54, 1.807) is 12.3 Å². The number of ether oxygens (including phenoxy) is 2. The largest absolute Gasteiger partial charge is 0.489 e. The summed E-state index contributed by atoms with van der Waals surface area (Å²) in [6, 6.07) is 19.7. The van der Waals surface area contributed by atoms with Crippen LogP contribution in [0.1, 0.15) is 30.9 Å². The summed E-state index contributed by atoms with van der Waals surface area (Å²) < 4.78 is 11.3. The smallest absolute Gasteiger partial charge is 0.277 e. The molecule has 0 aliphatic rings. The molecule has 3 aromatic rings. The van der Waals surface area contributed by atoms with Gasteiger partial charge in [0.05, 0.1) is 6.21 Å².